The molecule has 4 saturated heterocycles. The summed E-state index contributed by atoms with van der Waals surface area (Å²) in [4.78, 5) is 178. The van der Waals surface area contributed by atoms with Crippen molar-refractivity contribution in [3.8, 4) is 47.3 Å². The van der Waals surface area contributed by atoms with E-state index >= 15 is 0 Å². The molecule has 4 aliphatic heterocycles. The summed E-state index contributed by atoms with van der Waals surface area (Å²) in [5.41, 5.74) is -8.29. The van der Waals surface area contributed by atoms with Gasteiger partial charge in [-0.15, -0.1) is 17.9 Å². The highest BCUT2D eigenvalue weighted by molar-refractivity contribution is 6.32. The molecule has 0 bridgehead atoms. The molecule has 4 fully saturated rings. The Morgan fingerprint density at radius 3 is 1.27 bits per heavy atom. The first kappa shape index (κ1) is 87.0. The van der Waals surface area contributed by atoms with Crippen molar-refractivity contribution < 1.29 is 163 Å². The number of fused-ring (bicyclic) bond motifs is 6. The van der Waals surface area contributed by atoms with Gasteiger partial charge in [-0.3, -0.25) is 67.5 Å². The van der Waals surface area contributed by atoms with Gasteiger partial charge < -0.3 is 100 Å². The topological polar surface area (TPSA) is 577 Å². The van der Waals surface area contributed by atoms with E-state index in [-0.39, 0.29) is 152 Å². The highest BCUT2D eigenvalue weighted by Crippen LogP contribution is 2.55. The molecule has 4 aromatic rings. The average molecular weight is 1600 g/mol. The standard InChI is InChI=1S/C37H40N2O16.C33H37NO14.C4H5NO3.C2H2.CH4/c1-16-32(46)19(38-23(42)8-3-4-9-26(45)55-39-24(43)10-11-25(39)44)12-27(53-16)54-21-14-37(51,22(41)15-40)13-18-29(21)36(50)31-30(34(18)48)33(47)17-6-5-7-20(52-2)28(17)35(31)49;1-14-28(40)17(34-21(37)8-3-4-9-22(38)39)10-23(47-14)48-19-12-33(45,20(36)13-35)11-16-25(19)32(44)27-26(30(16)42)29(41)15-6-5-7-18(46-2)24(15)31(27)43;6-3-1-2-4(7)5(3)8;1-2;/h5-7,16,19,21,27,32,40,46,48,50-51H,3-4,8-15H2,1-2H3,(H,38,42);5-7,14,17,19,23,28,35,40,42,44-45H,3-4,8-13H2,1-2H3,(H,34,37)(H,38,39);8H,1-2H2;1-2H;1H4/i;;;1D;. The summed E-state index contributed by atoms with van der Waals surface area (Å²) in [7, 11) is 2.59. The summed E-state index contributed by atoms with van der Waals surface area (Å²) in [6.45, 7) is 0.832. The van der Waals surface area contributed by atoms with Crippen LogP contribution in [0.2, 0.25) is 0 Å². The third kappa shape index (κ3) is 18.0. The number of phenolic OH excluding ortho intramolecular Hbond substituents is 4. The van der Waals surface area contributed by atoms with Crippen LogP contribution in [-0.2, 0) is 84.6 Å². The van der Waals surface area contributed by atoms with E-state index in [0.717, 1.165) is 0 Å². The largest absolute Gasteiger partial charge is 0.507 e. The molecule has 6 amide bonds. The van der Waals surface area contributed by atoms with Crippen molar-refractivity contribution in [2.45, 2.75) is 209 Å². The van der Waals surface area contributed by atoms with Gasteiger partial charge >= 0.3 is 11.9 Å². The number of Topliss-reactive ketones (excluding diaryl/α,β-unsaturated/α-hetero) is 2. The van der Waals surface area contributed by atoms with Crippen molar-refractivity contribution in [3.63, 3.8) is 0 Å². The van der Waals surface area contributed by atoms with Crippen LogP contribution in [-0.4, -0.2) is 241 Å². The van der Waals surface area contributed by atoms with Gasteiger partial charge in [0.15, 0.2) is 35.7 Å². The van der Waals surface area contributed by atoms with E-state index in [0.29, 0.717) is 11.5 Å². The number of methoxy groups -OCH3 is 2. The molecule has 37 nitrogen and oxygen atoms in total. The van der Waals surface area contributed by atoms with Crippen molar-refractivity contribution in [3.05, 3.63) is 103 Å². The number of aliphatic carboxylic acids is 1. The maximum absolute atomic E-state index is 13.9. The number of carboxylic acid groups (broad SMARTS) is 1. The van der Waals surface area contributed by atoms with E-state index in [1.54, 1.807) is 0 Å². The van der Waals surface area contributed by atoms with Crippen molar-refractivity contribution in [2.24, 2.45) is 0 Å². The molecule has 14 N–H and O–H groups in total. The first-order chi connectivity index (χ1) is 53.9. The van der Waals surface area contributed by atoms with Crippen molar-refractivity contribution in [2.75, 3.05) is 27.4 Å². The Bertz CT molecular complexity index is 4580. The SMILES string of the molecule is C.COc1cccc2c1C(=O)c1c(O)c3c(c(O)c1C2=O)CC(O)(C(=O)CO)CC3OC1CC(NC(=O)CCCCC(=O)O)C(O)C(C)O1.COc1cccc2c1C(=O)c1c(O)c3c(c(O)c1C2=O)CC(O)(C(=O)CO)CC3OC1CC(NC(=O)CCCCC(=O)ON2C(=O)CCC2=O)C(O)C(C)O1.O=C1CCC(=O)N1O.[2H]C#C. The first-order valence-electron chi connectivity index (χ1n) is 36.2. The molecular weight excluding hydrogens is 1510 g/mol. The predicted molar refractivity (Wildman–Crippen MR) is 383 cm³/mol. The zero-order valence-electron chi connectivity index (χ0n) is 62.3. The Morgan fingerprint density at radius 2 is 0.921 bits per heavy atom. The van der Waals surface area contributed by atoms with Crippen LogP contribution in [0.4, 0.5) is 0 Å². The number of ether oxygens (including phenoxy) is 6. The number of hydrogen-bond acceptors (Lipinski definition) is 32. The van der Waals surface area contributed by atoms with Gasteiger partial charge in [-0.2, -0.15) is 5.06 Å². The lowest BCUT2D eigenvalue weighted by Crippen LogP contribution is -2.55. The van der Waals surface area contributed by atoms with Crippen LogP contribution >= 0.6 is 0 Å². The van der Waals surface area contributed by atoms with Gasteiger partial charge in [0.2, 0.25) is 23.4 Å². The smallest absolute Gasteiger partial charge is 0.333 e. The van der Waals surface area contributed by atoms with Crippen molar-refractivity contribution >= 4 is 82.1 Å². The number of ketones is 6. The molecule has 4 aliphatic carbocycles. The zero-order valence-corrected chi connectivity index (χ0v) is 61.3. The van der Waals surface area contributed by atoms with Crippen LogP contribution in [0.25, 0.3) is 0 Å². The Labute approximate surface area is 650 Å². The highest BCUT2D eigenvalue weighted by atomic mass is 16.7. The molecule has 114 heavy (non-hydrogen) atoms. The summed E-state index contributed by atoms with van der Waals surface area (Å²) in [5, 5.41) is 134. The molecule has 12 rings (SSSR count). The van der Waals surface area contributed by atoms with E-state index in [2.05, 4.69) is 17.1 Å². The van der Waals surface area contributed by atoms with E-state index < -0.39 is 239 Å². The third-order valence-corrected chi connectivity index (χ3v) is 20.5. The molecule has 0 radical (unpaired) electrons. The highest BCUT2D eigenvalue weighted by Gasteiger charge is 2.53. The van der Waals surface area contributed by atoms with Crippen LogP contribution in [0, 0.1) is 12.8 Å². The van der Waals surface area contributed by atoms with Gasteiger partial charge in [0, 0.05) is 123 Å². The molecule has 4 heterocycles. The predicted octanol–water partition coefficient (Wildman–Crippen LogP) is 1.54. The number of terminal acetylenes is 1. The molecule has 12 unspecified atom stereocenters. The number of aliphatic hydroxyl groups is 6. The van der Waals surface area contributed by atoms with Crippen molar-refractivity contribution in [1.82, 2.24) is 20.8 Å². The monoisotopic (exact) mass is 1600 g/mol. The number of hydroxylamine groups is 4. The number of benzene rings is 4. The number of carbonyl (C=O) groups is 14. The Kier molecular flexibility index (Phi) is 28.1. The maximum atomic E-state index is 13.9. The van der Waals surface area contributed by atoms with Gasteiger partial charge in [0.1, 0.15) is 72.5 Å². The molecule has 4 aromatic carbocycles. The first-order valence-corrected chi connectivity index (χ1v) is 35.7. The van der Waals surface area contributed by atoms with Gasteiger partial charge in [0.25, 0.3) is 23.6 Å². The van der Waals surface area contributed by atoms with Crippen LogP contribution in [0.5, 0.6) is 34.5 Å². The number of carboxylic acids is 1. The fourth-order valence-corrected chi connectivity index (χ4v) is 14.8. The summed E-state index contributed by atoms with van der Waals surface area (Å²) in [6, 6.07) is 6.68. The van der Waals surface area contributed by atoms with Crippen LogP contribution < -0.4 is 20.1 Å². The van der Waals surface area contributed by atoms with Crippen LogP contribution in [0.3, 0.4) is 0 Å². The van der Waals surface area contributed by atoms with E-state index in [1.165, 1.54) is 70.9 Å². The van der Waals surface area contributed by atoms with E-state index in [9.17, 15) is 118 Å². The lowest BCUT2D eigenvalue weighted by Gasteiger charge is -2.43. The molecule has 0 spiro atoms. The molecule has 37 heteroatoms. The molecular formula is C77H88N4O33. The Balaban J connectivity index is 0.000000253. The van der Waals surface area contributed by atoms with Crippen LogP contribution in [0.1, 0.15) is 224 Å². The lowest BCUT2D eigenvalue weighted by molar-refractivity contribution is -0.249. The van der Waals surface area contributed by atoms with Gasteiger partial charge in [-0.05, 0) is 51.7 Å². The van der Waals surface area contributed by atoms with Gasteiger partial charge in [-0.1, -0.05) is 31.7 Å². The average Bonchev–Trinajstić information content (AvgIpc) is 1.21. The second kappa shape index (κ2) is 36.9. The van der Waals surface area contributed by atoms with Gasteiger partial charge in [-0.25, -0.2) is 4.79 Å². The van der Waals surface area contributed by atoms with Crippen LogP contribution in [0.15, 0.2) is 36.4 Å². The second-order valence-corrected chi connectivity index (χ2v) is 27.8. The molecule has 0 aromatic heterocycles. The summed E-state index contributed by atoms with van der Waals surface area (Å²) < 4.78 is 40.4. The fraction of sp³-hybridized carbons (Fsp3) is 0.481. The number of amides is 6. The minimum absolute atomic E-state index is 0. The minimum Gasteiger partial charge on any atom is -0.507 e. The van der Waals surface area contributed by atoms with E-state index in [4.69, 9.17) is 44.9 Å². The van der Waals surface area contributed by atoms with E-state index in [1.807, 2.05) is 0 Å². The number of rotatable bonds is 23. The summed E-state index contributed by atoms with van der Waals surface area (Å²) >= 11 is 0. The van der Waals surface area contributed by atoms with Crippen molar-refractivity contribution in [1.29, 1.82) is 0 Å². The molecule has 12 atom stereocenters. The quantitative estimate of drug-likeness (QED) is 0.0142. The number of aromatic hydroxyl groups is 4. The molecule has 0 saturated carbocycles. The summed E-state index contributed by atoms with van der Waals surface area (Å²) in [6.07, 6.45) is -5.96. The molecule has 614 valence electrons. The summed E-state index contributed by atoms with van der Waals surface area (Å²) in [5.74, 6) is -13.3. The maximum Gasteiger partial charge on any atom is 0.333 e. The normalized spacial score (nSPS) is 25.1. The fourth-order valence-electron chi connectivity index (χ4n) is 14.8. The number of nitrogens with zero attached hydrogens (tertiary/aromatic N) is 2. The number of imide groups is 2. The minimum atomic E-state index is -2.37. The third-order valence-electron chi connectivity index (χ3n) is 20.5. The number of hydrogen-bond donors (Lipinski definition) is 14. The molecule has 8 aliphatic rings. The second-order valence-electron chi connectivity index (χ2n) is 27.8. The van der Waals surface area contributed by atoms with Gasteiger partial charge in [0.05, 0.1) is 84.1 Å². The number of phenols is 4. The lowest BCUT2D eigenvalue weighted by atomic mass is 9.72. The number of unbranched alkanes of at least 4 members (excludes halogenated alkanes) is 2. The number of carbonyl (C=O) groups excluding carboxylic acids is 13. The zero-order chi connectivity index (χ0) is 83.9. The Hall–Kier alpha value is -11.0. The Morgan fingerprint density at radius 1 is 0.561 bits per heavy atom. The number of nitrogens with one attached hydrogen (secondary N) is 2. The number of aliphatic hydroxyl groups excluding tert-OH is 4.